The normalized spacial score (nSPS) is 27.1. The summed E-state index contributed by atoms with van der Waals surface area (Å²) in [5, 5.41) is 0. The molecule has 2 heteroatoms. The van der Waals surface area contributed by atoms with E-state index in [1.807, 2.05) is 7.11 Å². The van der Waals surface area contributed by atoms with Crippen LogP contribution in [0.4, 0.5) is 0 Å². The number of hydrogen-bond donors (Lipinski definition) is 0. The first-order valence-corrected chi connectivity index (χ1v) is 5.53. The third kappa shape index (κ3) is 2.58. The molecule has 1 aliphatic heterocycles. The van der Waals surface area contributed by atoms with Crippen molar-refractivity contribution >= 4 is 0 Å². The molecule has 0 bridgehead atoms. The summed E-state index contributed by atoms with van der Waals surface area (Å²) in [4.78, 5) is 2.46. The van der Waals surface area contributed by atoms with Gasteiger partial charge in [0.25, 0.3) is 0 Å². The Morgan fingerprint density at radius 3 is 2.67 bits per heavy atom. The third-order valence-corrected chi connectivity index (χ3v) is 3.26. The molecule has 82 valence electrons. The van der Waals surface area contributed by atoms with Crippen LogP contribution >= 0.6 is 0 Å². The Bertz CT molecular complexity index is 312. The van der Waals surface area contributed by atoms with Gasteiger partial charge >= 0.3 is 0 Å². The quantitative estimate of drug-likeness (QED) is 0.750. The Morgan fingerprint density at radius 2 is 2.07 bits per heavy atom. The molecule has 0 aliphatic carbocycles. The number of methoxy groups -OCH3 is 1. The highest BCUT2D eigenvalue weighted by atomic mass is 16.5. The van der Waals surface area contributed by atoms with E-state index in [1.54, 1.807) is 0 Å². The first-order valence-electron chi connectivity index (χ1n) is 5.53. The second kappa shape index (κ2) is 4.33. The van der Waals surface area contributed by atoms with Gasteiger partial charge in [-0.15, -0.1) is 0 Å². The highest BCUT2D eigenvalue weighted by Crippen LogP contribution is 2.25. The Hall–Kier alpha value is -0.860. The largest absolute Gasteiger partial charge is 0.377 e. The van der Waals surface area contributed by atoms with Crippen LogP contribution in [0.15, 0.2) is 30.3 Å². The molecule has 0 aromatic heterocycles. The first-order chi connectivity index (χ1) is 7.22. The maximum Gasteiger partial charge on any atom is 0.0789 e. The Balaban J connectivity index is 1.93. The smallest absolute Gasteiger partial charge is 0.0789 e. The third-order valence-electron chi connectivity index (χ3n) is 3.26. The van der Waals surface area contributed by atoms with Gasteiger partial charge in [0.1, 0.15) is 0 Å². The van der Waals surface area contributed by atoms with Crippen molar-refractivity contribution in [2.45, 2.75) is 25.5 Å². The molecule has 2 nitrogen and oxygen atoms in total. The summed E-state index contributed by atoms with van der Waals surface area (Å²) < 4.78 is 5.52. The zero-order valence-corrected chi connectivity index (χ0v) is 9.57. The summed E-state index contributed by atoms with van der Waals surface area (Å²) in [6.45, 7) is 5.41. The van der Waals surface area contributed by atoms with Gasteiger partial charge in [0.05, 0.1) is 5.60 Å². The van der Waals surface area contributed by atoms with E-state index in [4.69, 9.17) is 4.74 Å². The van der Waals surface area contributed by atoms with E-state index in [-0.39, 0.29) is 5.60 Å². The van der Waals surface area contributed by atoms with E-state index >= 15 is 0 Å². The minimum Gasteiger partial charge on any atom is -0.377 e. The molecule has 0 spiro atoms. The minimum atomic E-state index is 0.0643. The molecule has 1 heterocycles. The topological polar surface area (TPSA) is 12.5 Å². The lowest BCUT2D eigenvalue weighted by Crippen LogP contribution is -2.31. The summed E-state index contributed by atoms with van der Waals surface area (Å²) in [7, 11) is 1.81. The van der Waals surface area contributed by atoms with E-state index in [2.05, 4.69) is 42.2 Å². The van der Waals surface area contributed by atoms with Crippen LogP contribution in [0.5, 0.6) is 0 Å². The van der Waals surface area contributed by atoms with Gasteiger partial charge in [0.15, 0.2) is 0 Å². The fourth-order valence-corrected chi connectivity index (χ4v) is 2.17. The Kier molecular flexibility index (Phi) is 3.08. The molecule has 2 rings (SSSR count). The van der Waals surface area contributed by atoms with Gasteiger partial charge in [-0.3, -0.25) is 4.90 Å². The van der Waals surface area contributed by atoms with E-state index in [0.29, 0.717) is 0 Å². The van der Waals surface area contributed by atoms with Crippen LogP contribution in [0.3, 0.4) is 0 Å². The van der Waals surface area contributed by atoms with Crippen molar-refractivity contribution in [2.24, 2.45) is 0 Å². The monoisotopic (exact) mass is 205 g/mol. The zero-order chi connectivity index (χ0) is 10.7. The maximum atomic E-state index is 5.52. The lowest BCUT2D eigenvalue weighted by Gasteiger charge is -2.23. The number of ether oxygens (including phenoxy) is 1. The van der Waals surface area contributed by atoms with Crippen LogP contribution in [0.1, 0.15) is 18.9 Å². The van der Waals surface area contributed by atoms with Gasteiger partial charge in [0.2, 0.25) is 0 Å². The molecule has 1 saturated heterocycles. The number of nitrogens with zero attached hydrogens (tertiary/aromatic N) is 1. The highest BCUT2D eigenvalue weighted by molar-refractivity contribution is 5.14. The molecule has 0 unspecified atom stereocenters. The van der Waals surface area contributed by atoms with Crippen molar-refractivity contribution in [1.29, 1.82) is 0 Å². The second-order valence-electron chi connectivity index (χ2n) is 4.60. The molecular formula is C13H19NO. The molecule has 1 aromatic rings. The predicted octanol–water partition coefficient (Wildman–Crippen LogP) is 2.30. The van der Waals surface area contributed by atoms with E-state index in [0.717, 1.165) is 26.1 Å². The number of benzene rings is 1. The van der Waals surface area contributed by atoms with Crippen LogP contribution < -0.4 is 0 Å². The number of rotatable bonds is 3. The Morgan fingerprint density at radius 1 is 1.33 bits per heavy atom. The SMILES string of the molecule is CO[C@]1(C)CCN(Cc2ccccc2)C1. The van der Waals surface area contributed by atoms with Gasteiger partial charge in [0, 0.05) is 26.7 Å². The van der Waals surface area contributed by atoms with Crippen LogP contribution in [-0.4, -0.2) is 30.7 Å². The molecule has 15 heavy (non-hydrogen) atoms. The average molecular weight is 205 g/mol. The van der Waals surface area contributed by atoms with Crippen LogP contribution in [-0.2, 0) is 11.3 Å². The molecular weight excluding hydrogens is 186 g/mol. The van der Waals surface area contributed by atoms with Gasteiger partial charge in [-0.25, -0.2) is 0 Å². The summed E-state index contributed by atoms with van der Waals surface area (Å²) in [5.74, 6) is 0. The molecule has 0 saturated carbocycles. The van der Waals surface area contributed by atoms with Crippen molar-refractivity contribution in [3.63, 3.8) is 0 Å². The van der Waals surface area contributed by atoms with Gasteiger partial charge in [-0.1, -0.05) is 30.3 Å². The molecule has 0 amide bonds. The van der Waals surface area contributed by atoms with Crippen molar-refractivity contribution in [3.8, 4) is 0 Å². The number of likely N-dealkylation sites (tertiary alicyclic amines) is 1. The minimum absolute atomic E-state index is 0.0643. The maximum absolute atomic E-state index is 5.52. The van der Waals surface area contributed by atoms with Gasteiger partial charge in [-0.2, -0.15) is 0 Å². The van der Waals surface area contributed by atoms with E-state index in [9.17, 15) is 0 Å². The lowest BCUT2D eigenvalue weighted by atomic mass is 10.1. The van der Waals surface area contributed by atoms with E-state index < -0.39 is 0 Å². The summed E-state index contributed by atoms with van der Waals surface area (Å²) in [6, 6.07) is 10.6. The summed E-state index contributed by atoms with van der Waals surface area (Å²) in [5.41, 5.74) is 1.45. The van der Waals surface area contributed by atoms with Crippen molar-refractivity contribution in [2.75, 3.05) is 20.2 Å². The van der Waals surface area contributed by atoms with Gasteiger partial charge in [-0.05, 0) is 18.9 Å². The van der Waals surface area contributed by atoms with Crippen LogP contribution in [0, 0.1) is 0 Å². The first kappa shape index (κ1) is 10.7. The average Bonchev–Trinajstić information content (AvgIpc) is 2.63. The van der Waals surface area contributed by atoms with Crippen molar-refractivity contribution in [1.82, 2.24) is 4.90 Å². The molecule has 1 atom stereocenters. The van der Waals surface area contributed by atoms with Crippen molar-refractivity contribution in [3.05, 3.63) is 35.9 Å². The van der Waals surface area contributed by atoms with Gasteiger partial charge < -0.3 is 4.74 Å². The standard InChI is InChI=1S/C13H19NO/c1-13(15-2)8-9-14(11-13)10-12-6-4-3-5-7-12/h3-7H,8-11H2,1-2H3/t13-/m1/s1. The molecule has 0 N–H and O–H groups in total. The second-order valence-corrected chi connectivity index (χ2v) is 4.60. The number of hydrogen-bond acceptors (Lipinski definition) is 2. The zero-order valence-electron chi connectivity index (χ0n) is 9.57. The summed E-state index contributed by atoms with van der Waals surface area (Å²) >= 11 is 0. The molecule has 1 fully saturated rings. The highest BCUT2D eigenvalue weighted by Gasteiger charge is 2.33. The molecule has 1 aromatic carbocycles. The molecule has 0 radical (unpaired) electrons. The van der Waals surface area contributed by atoms with E-state index in [1.165, 1.54) is 5.56 Å². The molecule has 1 aliphatic rings. The lowest BCUT2D eigenvalue weighted by molar-refractivity contribution is 0.0143. The summed E-state index contributed by atoms with van der Waals surface area (Å²) in [6.07, 6.45) is 1.14. The fraction of sp³-hybridized carbons (Fsp3) is 0.538. The van der Waals surface area contributed by atoms with Crippen molar-refractivity contribution < 1.29 is 4.74 Å². The van der Waals surface area contributed by atoms with Crippen LogP contribution in [0.25, 0.3) is 0 Å². The van der Waals surface area contributed by atoms with Crippen LogP contribution in [0.2, 0.25) is 0 Å². The predicted molar refractivity (Wildman–Crippen MR) is 61.8 cm³/mol. The fourth-order valence-electron chi connectivity index (χ4n) is 2.17. The Labute approximate surface area is 91.9 Å².